The first-order valence-corrected chi connectivity index (χ1v) is 8.78. The third kappa shape index (κ3) is 4.81. The predicted molar refractivity (Wildman–Crippen MR) is 95.9 cm³/mol. The van der Waals surface area contributed by atoms with E-state index >= 15 is 0 Å². The molecule has 1 aromatic carbocycles. The standard InChI is InChI=1S/C19H29N3O2/c1-12(2)17(19(24)21-15-9-10-20-14(4)11-15)22-18(23)16-8-6-5-7-13(16)3/h5-8,12,14-15,17,20H,9-11H2,1-4H3,(H,21,24)(H,22,23). The summed E-state index contributed by atoms with van der Waals surface area (Å²) in [6, 6.07) is 7.47. The molecule has 0 spiro atoms. The normalized spacial score (nSPS) is 22.0. The van der Waals surface area contributed by atoms with E-state index in [0.29, 0.717) is 11.6 Å². The summed E-state index contributed by atoms with van der Waals surface area (Å²) in [4.78, 5) is 25.2. The molecule has 1 aliphatic heterocycles. The number of aryl methyl sites for hydroxylation is 1. The number of nitrogens with one attached hydrogen (secondary N) is 3. The van der Waals surface area contributed by atoms with Gasteiger partial charge >= 0.3 is 0 Å². The van der Waals surface area contributed by atoms with Gasteiger partial charge in [-0.2, -0.15) is 0 Å². The molecule has 24 heavy (non-hydrogen) atoms. The maximum atomic E-state index is 12.7. The summed E-state index contributed by atoms with van der Waals surface area (Å²) in [5.41, 5.74) is 1.52. The summed E-state index contributed by atoms with van der Waals surface area (Å²) in [6.45, 7) is 8.84. The summed E-state index contributed by atoms with van der Waals surface area (Å²) in [7, 11) is 0. The Labute approximate surface area is 144 Å². The molecule has 5 nitrogen and oxygen atoms in total. The number of carbonyl (C=O) groups is 2. The van der Waals surface area contributed by atoms with E-state index in [2.05, 4.69) is 22.9 Å². The van der Waals surface area contributed by atoms with Crippen molar-refractivity contribution in [2.75, 3.05) is 6.54 Å². The number of piperidine rings is 1. The van der Waals surface area contributed by atoms with Gasteiger partial charge in [-0.3, -0.25) is 9.59 Å². The van der Waals surface area contributed by atoms with Gasteiger partial charge in [0.25, 0.3) is 5.91 Å². The van der Waals surface area contributed by atoms with Gasteiger partial charge in [-0.25, -0.2) is 0 Å². The number of amides is 2. The molecule has 1 saturated heterocycles. The lowest BCUT2D eigenvalue weighted by atomic mass is 9.98. The van der Waals surface area contributed by atoms with Crippen LogP contribution in [-0.4, -0.2) is 36.5 Å². The van der Waals surface area contributed by atoms with Crippen molar-refractivity contribution in [3.05, 3.63) is 35.4 Å². The quantitative estimate of drug-likeness (QED) is 0.773. The Morgan fingerprint density at radius 3 is 2.58 bits per heavy atom. The second-order valence-electron chi connectivity index (χ2n) is 7.10. The summed E-state index contributed by atoms with van der Waals surface area (Å²) in [6.07, 6.45) is 1.84. The van der Waals surface area contributed by atoms with E-state index in [-0.39, 0.29) is 23.8 Å². The van der Waals surface area contributed by atoms with E-state index in [1.807, 2.05) is 39.0 Å². The van der Waals surface area contributed by atoms with Crippen LogP contribution in [0, 0.1) is 12.8 Å². The second-order valence-corrected chi connectivity index (χ2v) is 7.10. The third-order valence-corrected chi connectivity index (χ3v) is 4.60. The molecule has 0 aliphatic carbocycles. The van der Waals surface area contributed by atoms with Crippen LogP contribution in [-0.2, 0) is 4.79 Å². The second kappa shape index (κ2) is 8.29. The van der Waals surface area contributed by atoms with E-state index < -0.39 is 6.04 Å². The first-order chi connectivity index (χ1) is 11.4. The Kier molecular flexibility index (Phi) is 6.37. The molecule has 5 heteroatoms. The molecule has 0 aromatic heterocycles. The van der Waals surface area contributed by atoms with Crippen molar-refractivity contribution in [3.8, 4) is 0 Å². The van der Waals surface area contributed by atoms with Crippen molar-refractivity contribution >= 4 is 11.8 Å². The predicted octanol–water partition coefficient (Wildman–Crippen LogP) is 2.01. The lowest BCUT2D eigenvalue weighted by Gasteiger charge is -2.31. The van der Waals surface area contributed by atoms with Gasteiger partial charge in [0.1, 0.15) is 6.04 Å². The van der Waals surface area contributed by atoms with Gasteiger partial charge < -0.3 is 16.0 Å². The van der Waals surface area contributed by atoms with Crippen molar-refractivity contribution in [1.29, 1.82) is 0 Å². The van der Waals surface area contributed by atoms with E-state index in [1.165, 1.54) is 0 Å². The van der Waals surface area contributed by atoms with Gasteiger partial charge in [-0.15, -0.1) is 0 Å². The minimum absolute atomic E-state index is 0.0251. The number of benzene rings is 1. The first kappa shape index (κ1) is 18.5. The third-order valence-electron chi connectivity index (χ3n) is 4.60. The van der Waals surface area contributed by atoms with Crippen LogP contribution in [0.1, 0.15) is 49.5 Å². The minimum Gasteiger partial charge on any atom is -0.351 e. The van der Waals surface area contributed by atoms with Crippen molar-refractivity contribution in [1.82, 2.24) is 16.0 Å². The van der Waals surface area contributed by atoms with Crippen LogP contribution in [0.4, 0.5) is 0 Å². The Morgan fingerprint density at radius 1 is 1.25 bits per heavy atom. The molecule has 0 saturated carbocycles. The zero-order valence-corrected chi connectivity index (χ0v) is 15.1. The SMILES string of the molecule is Cc1ccccc1C(=O)NC(C(=O)NC1CCNC(C)C1)C(C)C. The molecule has 3 atom stereocenters. The lowest BCUT2D eigenvalue weighted by molar-refractivity contribution is -0.124. The molecule has 1 heterocycles. The lowest BCUT2D eigenvalue weighted by Crippen LogP contribution is -2.54. The van der Waals surface area contributed by atoms with E-state index in [9.17, 15) is 9.59 Å². The Morgan fingerprint density at radius 2 is 1.96 bits per heavy atom. The highest BCUT2D eigenvalue weighted by Gasteiger charge is 2.28. The summed E-state index contributed by atoms with van der Waals surface area (Å²) in [5.74, 6) is -0.260. The molecule has 132 valence electrons. The average molecular weight is 331 g/mol. The summed E-state index contributed by atoms with van der Waals surface area (Å²) >= 11 is 0. The minimum atomic E-state index is -0.526. The highest BCUT2D eigenvalue weighted by molar-refractivity contribution is 5.98. The zero-order valence-electron chi connectivity index (χ0n) is 15.1. The molecule has 2 rings (SSSR count). The number of carbonyl (C=O) groups excluding carboxylic acids is 2. The Balaban J connectivity index is 2.02. The van der Waals surface area contributed by atoms with Crippen LogP contribution >= 0.6 is 0 Å². The van der Waals surface area contributed by atoms with Crippen LogP contribution < -0.4 is 16.0 Å². The number of hydrogen-bond donors (Lipinski definition) is 3. The molecule has 0 bridgehead atoms. The van der Waals surface area contributed by atoms with Crippen LogP contribution in [0.5, 0.6) is 0 Å². The first-order valence-electron chi connectivity index (χ1n) is 8.78. The van der Waals surface area contributed by atoms with Crippen LogP contribution in [0.3, 0.4) is 0 Å². The van der Waals surface area contributed by atoms with Crippen molar-refractivity contribution in [3.63, 3.8) is 0 Å². The molecule has 1 aliphatic rings. The van der Waals surface area contributed by atoms with Gasteiger partial charge in [0.15, 0.2) is 0 Å². The van der Waals surface area contributed by atoms with Gasteiger partial charge in [0, 0.05) is 17.6 Å². The monoisotopic (exact) mass is 331 g/mol. The van der Waals surface area contributed by atoms with Crippen LogP contribution in [0.15, 0.2) is 24.3 Å². The largest absolute Gasteiger partial charge is 0.351 e. The molecule has 3 unspecified atom stereocenters. The van der Waals surface area contributed by atoms with Crippen molar-refractivity contribution < 1.29 is 9.59 Å². The van der Waals surface area contributed by atoms with E-state index in [0.717, 1.165) is 24.9 Å². The number of rotatable bonds is 5. The molecule has 1 fully saturated rings. The topological polar surface area (TPSA) is 70.2 Å². The highest BCUT2D eigenvalue weighted by Crippen LogP contribution is 2.12. The fourth-order valence-electron chi connectivity index (χ4n) is 3.14. The molecule has 3 N–H and O–H groups in total. The zero-order chi connectivity index (χ0) is 17.7. The van der Waals surface area contributed by atoms with Crippen molar-refractivity contribution in [2.45, 2.75) is 58.7 Å². The molecular weight excluding hydrogens is 302 g/mol. The van der Waals surface area contributed by atoms with Gasteiger partial charge in [0.05, 0.1) is 0 Å². The van der Waals surface area contributed by atoms with Gasteiger partial charge in [0.2, 0.25) is 5.91 Å². The van der Waals surface area contributed by atoms with Crippen LogP contribution in [0.25, 0.3) is 0 Å². The Hall–Kier alpha value is -1.88. The van der Waals surface area contributed by atoms with Gasteiger partial charge in [-0.1, -0.05) is 32.0 Å². The number of hydrogen-bond acceptors (Lipinski definition) is 3. The summed E-state index contributed by atoms with van der Waals surface area (Å²) in [5, 5.41) is 9.39. The molecule has 0 radical (unpaired) electrons. The van der Waals surface area contributed by atoms with Crippen molar-refractivity contribution in [2.24, 2.45) is 5.92 Å². The van der Waals surface area contributed by atoms with E-state index in [4.69, 9.17) is 0 Å². The smallest absolute Gasteiger partial charge is 0.252 e. The fraction of sp³-hybridized carbons (Fsp3) is 0.579. The maximum absolute atomic E-state index is 12.7. The molecular formula is C19H29N3O2. The average Bonchev–Trinajstić information content (AvgIpc) is 2.52. The van der Waals surface area contributed by atoms with Gasteiger partial charge in [-0.05, 0) is 50.8 Å². The van der Waals surface area contributed by atoms with Crippen LogP contribution in [0.2, 0.25) is 0 Å². The Bertz CT molecular complexity index is 586. The summed E-state index contributed by atoms with van der Waals surface area (Å²) < 4.78 is 0. The molecule has 2 amide bonds. The fourth-order valence-corrected chi connectivity index (χ4v) is 3.14. The maximum Gasteiger partial charge on any atom is 0.252 e. The molecule has 1 aromatic rings. The highest BCUT2D eigenvalue weighted by atomic mass is 16.2. The van der Waals surface area contributed by atoms with E-state index in [1.54, 1.807) is 6.07 Å².